The van der Waals surface area contributed by atoms with Crippen LogP contribution >= 0.6 is 0 Å². The van der Waals surface area contributed by atoms with E-state index in [2.05, 4.69) is 6.92 Å². The minimum Gasteiger partial charge on any atom is -0.466 e. The first kappa shape index (κ1) is 15.6. The standard InChI is InChI=1S/C16H24N2O3/c1-3-9-17-10-6-8-14(17)15(19)18-11-5-7-13(12-18)16(20)21-4-2/h6,8,10,13H,3-5,7,9,11-12H2,1-2H3. The van der Waals surface area contributed by atoms with Crippen LogP contribution in [-0.4, -0.2) is 41.0 Å². The first-order chi connectivity index (χ1) is 10.2. The number of carbonyl (C=O) groups excluding carboxylic acids is 2. The third kappa shape index (κ3) is 3.65. The summed E-state index contributed by atoms with van der Waals surface area (Å²) in [6, 6.07) is 3.75. The lowest BCUT2D eigenvalue weighted by molar-refractivity contribution is -0.149. The lowest BCUT2D eigenvalue weighted by Crippen LogP contribution is -2.43. The fourth-order valence-electron chi connectivity index (χ4n) is 2.82. The Morgan fingerprint density at radius 1 is 1.38 bits per heavy atom. The summed E-state index contributed by atoms with van der Waals surface area (Å²) in [5, 5.41) is 0. The summed E-state index contributed by atoms with van der Waals surface area (Å²) in [5.41, 5.74) is 0.710. The van der Waals surface area contributed by atoms with Crippen molar-refractivity contribution in [3.63, 3.8) is 0 Å². The molecule has 0 aliphatic carbocycles. The minimum atomic E-state index is -0.183. The number of amides is 1. The van der Waals surface area contributed by atoms with Gasteiger partial charge in [0.2, 0.25) is 0 Å². The third-order valence-corrected chi connectivity index (χ3v) is 3.84. The van der Waals surface area contributed by atoms with E-state index >= 15 is 0 Å². The number of likely N-dealkylation sites (tertiary alicyclic amines) is 1. The molecule has 1 aromatic heterocycles. The van der Waals surface area contributed by atoms with Crippen LogP contribution in [0.3, 0.4) is 0 Å². The number of hydrogen-bond acceptors (Lipinski definition) is 3. The highest BCUT2D eigenvalue weighted by Gasteiger charge is 2.30. The molecular weight excluding hydrogens is 268 g/mol. The second kappa shape index (κ2) is 7.29. The van der Waals surface area contributed by atoms with E-state index < -0.39 is 0 Å². The van der Waals surface area contributed by atoms with Gasteiger partial charge in [-0.3, -0.25) is 9.59 Å². The monoisotopic (exact) mass is 292 g/mol. The number of ether oxygens (including phenoxy) is 1. The molecule has 1 aliphatic rings. The van der Waals surface area contributed by atoms with Crippen molar-refractivity contribution in [3.05, 3.63) is 24.0 Å². The summed E-state index contributed by atoms with van der Waals surface area (Å²) in [4.78, 5) is 26.3. The van der Waals surface area contributed by atoms with E-state index in [4.69, 9.17) is 4.74 Å². The third-order valence-electron chi connectivity index (χ3n) is 3.84. The van der Waals surface area contributed by atoms with E-state index in [1.54, 1.807) is 11.8 Å². The van der Waals surface area contributed by atoms with E-state index in [0.29, 0.717) is 25.4 Å². The van der Waals surface area contributed by atoms with Gasteiger partial charge in [0.15, 0.2) is 0 Å². The normalized spacial score (nSPS) is 18.6. The first-order valence-corrected chi connectivity index (χ1v) is 7.78. The summed E-state index contributed by atoms with van der Waals surface area (Å²) in [6.45, 7) is 6.31. The molecule has 1 unspecified atom stereocenters. The number of aromatic nitrogens is 1. The fourth-order valence-corrected chi connectivity index (χ4v) is 2.82. The van der Waals surface area contributed by atoms with Crippen LogP contribution in [0.2, 0.25) is 0 Å². The number of carbonyl (C=O) groups is 2. The Kier molecular flexibility index (Phi) is 5.42. The average molecular weight is 292 g/mol. The molecule has 2 heterocycles. The molecule has 116 valence electrons. The van der Waals surface area contributed by atoms with Crippen molar-refractivity contribution in [3.8, 4) is 0 Å². The maximum atomic E-state index is 12.6. The predicted octanol–water partition coefficient (Wildman–Crippen LogP) is 2.31. The second-order valence-electron chi connectivity index (χ2n) is 5.43. The Bertz CT molecular complexity index is 495. The highest BCUT2D eigenvalue weighted by molar-refractivity contribution is 5.93. The summed E-state index contributed by atoms with van der Waals surface area (Å²) in [6.07, 6.45) is 4.58. The van der Waals surface area contributed by atoms with E-state index in [9.17, 15) is 9.59 Å². The van der Waals surface area contributed by atoms with Gasteiger partial charge in [0.1, 0.15) is 5.69 Å². The molecule has 1 fully saturated rings. The zero-order valence-electron chi connectivity index (χ0n) is 12.9. The van der Waals surface area contributed by atoms with Crippen LogP contribution in [0.4, 0.5) is 0 Å². The van der Waals surface area contributed by atoms with Crippen molar-refractivity contribution in [1.82, 2.24) is 9.47 Å². The van der Waals surface area contributed by atoms with Gasteiger partial charge in [-0.25, -0.2) is 0 Å². The van der Waals surface area contributed by atoms with Crippen LogP contribution in [0, 0.1) is 5.92 Å². The van der Waals surface area contributed by atoms with Gasteiger partial charge < -0.3 is 14.2 Å². The van der Waals surface area contributed by atoms with Gasteiger partial charge in [-0.2, -0.15) is 0 Å². The van der Waals surface area contributed by atoms with Gasteiger partial charge in [0, 0.05) is 25.8 Å². The molecule has 1 atom stereocenters. The van der Waals surface area contributed by atoms with Crippen molar-refractivity contribution in [2.45, 2.75) is 39.7 Å². The minimum absolute atomic E-state index is 0.0162. The lowest BCUT2D eigenvalue weighted by atomic mass is 9.98. The van der Waals surface area contributed by atoms with Gasteiger partial charge >= 0.3 is 5.97 Å². The van der Waals surface area contributed by atoms with Crippen LogP contribution in [-0.2, 0) is 16.1 Å². The van der Waals surface area contributed by atoms with Crippen LogP contribution in [0.15, 0.2) is 18.3 Å². The molecule has 21 heavy (non-hydrogen) atoms. The molecule has 0 N–H and O–H groups in total. The smallest absolute Gasteiger partial charge is 0.310 e. The Morgan fingerprint density at radius 3 is 2.90 bits per heavy atom. The van der Waals surface area contributed by atoms with Crippen molar-refractivity contribution < 1.29 is 14.3 Å². The molecule has 0 spiro atoms. The van der Waals surface area contributed by atoms with E-state index in [1.807, 2.05) is 22.9 Å². The molecule has 1 amide bonds. The number of piperidine rings is 1. The first-order valence-electron chi connectivity index (χ1n) is 7.78. The zero-order valence-corrected chi connectivity index (χ0v) is 12.9. The highest BCUT2D eigenvalue weighted by atomic mass is 16.5. The number of rotatable bonds is 5. The van der Waals surface area contributed by atoms with Gasteiger partial charge in [0.25, 0.3) is 5.91 Å². The maximum Gasteiger partial charge on any atom is 0.310 e. The van der Waals surface area contributed by atoms with E-state index in [1.165, 1.54) is 0 Å². The Labute approximate surface area is 125 Å². The van der Waals surface area contributed by atoms with Crippen LogP contribution < -0.4 is 0 Å². The Balaban J connectivity index is 2.05. The molecule has 0 bridgehead atoms. The molecule has 5 nitrogen and oxygen atoms in total. The van der Waals surface area contributed by atoms with Gasteiger partial charge in [0.05, 0.1) is 12.5 Å². The molecule has 5 heteroatoms. The van der Waals surface area contributed by atoms with Gasteiger partial charge in [-0.05, 0) is 38.3 Å². The number of nitrogens with zero attached hydrogens (tertiary/aromatic N) is 2. The molecule has 1 aromatic rings. The highest BCUT2D eigenvalue weighted by Crippen LogP contribution is 2.20. The van der Waals surface area contributed by atoms with Crippen molar-refractivity contribution in [2.24, 2.45) is 5.92 Å². The summed E-state index contributed by atoms with van der Waals surface area (Å²) >= 11 is 0. The average Bonchev–Trinajstić information content (AvgIpc) is 2.95. The Hall–Kier alpha value is -1.78. The van der Waals surface area contributed by atoms with Crippen LogP contribution in [0.25, 0.3) is 0 Å². The van der Waals surface area contributed by atoms with E-state index in [-0.39, 0.29) is 17.8 Å². The lowest BCUT2D eigenvalue weighted by Gasteiger charge is -2.31. The SMILES string of the molecule is CCCn1cccc1C(=O)N1CCCC(C(=O)OCC)C1. The van der Waals surface area contributed by atoms with E-state index in [0.717, 1.165) is 25.8 Å². The molecule has 0 saturated carbocycles. The van der Waals surface area contributed by atoms with Crippen molar-refractivity contribution in [1.29, 1.82) is 0 Å². The Morgan fingerprint density at radius 2 is 2.19 bits per heavy atom. The topological polar surface area (TPSA) is 51.5 Å². The largest absolute Gasteiger partial charge is 0.466 e. The number of hydrogen-bond donors (Lipinski definition) is 0. The molecule has 1 saturated heterocycles. The number of aryl methyl sites for hydroxylation is 1. The van der Waals surface area contributed by atoms with Gasteiger partial charge in [-0.1, -0.05) is 6.92 Å². The second-order valence-corrected chi connectivity index (χ2v) is 5.43. The molecule has 1 aliphatic heterocycles. The van der Waals surface area contributed by atoms with Gasteiger partial charge in [-0.15, -0.1) is 0 Å². The van der Waals surface area contributed by atoms with Crippen LogP contribution in [0.5, 0.6) is 0 Å². The van der Waals surface area contributed by atoms with Crippen LogP contribution in [0.1, 0.15) is 43.6 Å². The van der Waals surface area contributed by atoms with Crippen molar-refractivity contribution >= 4 is 11.9 Å². The quantitative estimate of drug-likeness (QED) is 0.783. The number of esters is 1. The molecule has 2 rings (SSSR count). The summed E-state index contributed by atoms with van der Waals surface area (Å²) in [5.74, 6) is -0.348. The molecule has 0 radical (unpaired) electrons. The maximum absolute atomic E-state index is 12.6. The fraction of sp³-hybridized carbons (Fsp3) is 0.625. The summed E-state index contributed by atoms with van der Waals surface area (Å²) < 4.78 is 7.06. The summed E-state index contributed by atoms with van der Waals surface area (Å²) in [7, 11) is 0. The zero-order chi connectivity index (χ0) is 15.2. The predicted molar refractivity (Wildman–Crippen MR) is 80.0 cm³/mol. The molecular formula is C16H24N2O3. The molecule has 0 aromatic carbocycles. The van der Waals surface area contributed by atoms with Crippen molar-refractivity contribution in [2.75, 3.05) is 19.7 Å².